The molecule has 0 fully saturated rings. The molecule has 2 rings (SSSR count). The Kier molecular flexibility index (Phi) is 8.16. The summed E-state index contributed by atoms with van der Waals surface area (Å²) < 4.78 is 16.3. The van der Waals surface area contributed by atoms with Gasteiger partial charge >= 0.3 is 0 Å². The average molecular weight is 371 g/mol. The van der Waals surface area contributed by atoms with Crippen molar-refractivity contribution >= 4 is 11.7 Å². The normalized spacial score (nSPS) is 10.1. The van der Waals surface area contributed by atoms with Crippen molar-refractivity contribution in [3.8, 4) is 17.2 Å². The number of ketones is 1. The van der Waals surface area contributed by atoms with Gasteiger partial charge in [-0.2, -0.15) is 0 Å². The molecule has 0 saturated heterocycles. The number of rotatable bonds is 11. The lowest BCUT2D eigenvalue weighted by Crippen LogP contribution is -2.32. The molecule has 0 radical (unpaired) electrons. The van der Waals surface area contributed by atoms with Crippen LogP contribution >= 0.6 is 0 Å². The van der Waals surface area contributed by atoms with E-state index in [4.69, 9.17) is 14.2 Å². The van der Waals surface area contributed by atoms with Crippen molar-refractivity contribution in [2.24, 2.45) is 0 Å². The van der Waals surface area contributed by atoms with E-state index in [1.165, 1.54) is 0 Å². The van der Waals surface area contributed by atoms with Crippen molar-refractivity contribution in [1.82, 2.24) is 5.32 Å². The van der Waals surface area contributed by atoms with Crippen molar-refractivity contribution < 1.29 is 23.8 Å². The summed E-state index contributed by atoms with van der Waals surface area (Å²) in [7, 11) is 0. The molecule has 0 aromatic heterocycles. The third kappa shape index (κ3) is 7.01. The molecule has 1 amide bonds. The van der Waals surface area contributed by atoms with E-state index in [0.717, 1.165) is 5.75 Å². The molecule has 2 aromatic carbocycles. The minimum absolute atomic E-state index is 0.0758. The highest BCUT2D eigenvalue weighted by atomic mass is 16.5. The van der Waals surface area contributed by atoms with Crippen LogP contribution in [0.3, 0.4) is 0 Å². The Labute approximate surface area is 159 Å². The van der Waals surface area contributed by atoms with Gasteiger partial charge in [-0.15, -0.1) is 0 Å². The van der Waals surface area contributed by atoms with Crippen LogP contribution in [0.25, 0.3) is 0 Å². The number of nitrogens with one attached hydrogen (secondary N) is 1. The quantitative estimate of drug-likeness (QED) is 0.485. The fourth-order valence-corrected chi connectivity index (χ4v) is 2.30. The molecule has 0 bridgehead atoms. The summed E-state index contributed by atoms with van der Waals surface area (Å²) in [4.78, 5) is 23.4. The maximum absolute atomic E-state index is 11.8. The van der Waals surface area contributed by atoms with Crippen LogP contribution in [0.5, 0.6) is 17.2 Å². The van der Waals surface area contributed by atoms with Crippen molar-refractivity contribution in [3.63, 3.8) is 0 Å². The standard InChI is InChI=1S/C21H25NO5/c1-3-20(23)16-5-7-19(8-6-16)27-15-21(24)22-13-14-26-18-11-9-17(10-12-18)25-4-2/h5-12H,3-4,13-15H2,1-2H3,(H,22,24). The smallest absolute Gasteiger partial charge is 0.258 e. The van der Waals surface area contributed by atoms with Gasteiger partial charge < -0.3 is 19.5 Å². The topological polar surface area (TPSA) is 73.9 Å². The van der Waals surface area contributed by atoms with Crippen LogP contribution < -0.4 is 19.5 Å². The molecular weight excluding hydrogens is 346 g/mol. The molecule has 1 N–H and O–H groups in total. The van der Waals surface area contributed by atoms with E-state index in [2.05, 4.69) is 5.32 Å². The molecule has 6 heteroatoms. The summed E-state index contributed by atoms with van der Waals surface area (Å²) >= 11 is 0. The fourth-order valence-electron chi connectivity index (χ4n) is 2.30. The Morgan fingerprint density at radius 3 is 1.96 bits per heavy atom. The van der Waals surface area contributed by atoms with Crippen LogP contribution in [0.2, 0.25) is 0 Å². The van der Waals surface area contributed by atoms with Gasteiger partial charge in [0.25, 0.3) is 5.91 Å². The average Bonchev–Trinajstić information content (AvgIpc) is 2.71. The van der Waals surface area contributed by atoms with Crippen LogP contribution in [-0.2, 0) is 4.79 Å². The second-order valence-electron chi connectivity index (χ2n) is 5.69. The van der Waals surface area contributed by atoms with E-state index in [9.17, 15) is 9.59 Å². The van der Waals surface area contributed by atoms with Crippen LogP contribution in [0.1, 0.15) is 30.6 Å². The van der Waals surface area contributed by atoms with E-state index < -0.39 is 0 Å². The highest BCUT2D eigenvalue weighted by Crippen LogP contribution is 2.17. The number of benzene rings is 2. The number of carbonyl (C=O) groups excluding carboxylic acids is 2. The minimum atomic E-state index is -0.237. The molecule has 0 unspecified atom stereocenters. The van der Waals surface area contributed by atoms with Gasteiger partial charge in [0.15, 0.2) is 12.4 Å². The zero-order valence-corrected chi connectivity index (χ0v) is 15.7. The first-order valence-corrected chi connectivity index (χ1v) is 9.00. The molecule has 0 heterocycles. The Morgan fingerprint density at radius 1 is 0.815 bits per heavy atom. The molecule has 2 aromatic rings. The zero-order chi connectivity index (χ0) is 19.5. The Bertz CT molecular complexity index is 725. The van der Waals surface area contributed by atoms with E-state index in [-0.39, 0.29) is 18.3 Å². The number of ether oxygens (including phenoxy) is 3. The van der Waals surface area contributed by atoms with Crippen molar-refractivity contribution in [3.05, 3.63) is 54.1 Å². The Hall–Kier alpha value is -3.02. The fraction of sp³-hybridized carbons (Fsp3) is 0.333. The SMILES string of the molecule is CCOc1ccc(OCCNC(=O)COc2ccc(C(=O)CC)cc2)cc1. The Morgan fingerprint density at radius 2 is 1.37 bits per heavy atom. The number of Topliss-reactive ketones (excluding diaryl/α,β-unsaturated/α-hetero) is 1. The predicted octanol–water partition coefficient (Wildman–Crippen LogP) is 3.25. The highest BCUT2D eigenvalue weighted by molar-refractivity contribution is 5.95. The van der Waals surface area contributed by atoms with Gasteiger partial charge in [-0.1, -0.05) is 6.92 Å². The van der Waals surface area contributed by atoms with E-state index in [0.29, 0.717) is 43.2 Å². The second-order valence-corrected chi connectivity index (χ2v) is 5.69. The molecule has 6 nitrogen and oxygen atoms in total. The lowest BCUT2D eigenvalue weighted by molar-refractivity contribution is -0.123. The third-order valence-corrected chi connectivity index (χ3v) is 3.70. The van der Waals surface area contributed by atoms with Crippen LogP contribution in [-0.4, -0.2) is 38.1 Å². The monoisotopic (exact) mass is 371 g/mol. The molecule has 144 valence electrons. The molecule has 0 spiro atoms. The van der Waals surface area contributed by atoms with Crippen LogP contribution in [0.15, 0.2) is 48.5 Å². The predicted molar refractivity (Wildman–Crippen MR) is 103 cm³/mol. The summed E-state index contributed by atoms with van der Waals surface area (Å²) in [5.41, 5.74) is 0.640. The van der Waals surface area contributed by atoms with Crippen molar-refractivity contribution in [2.45, 2.75) is 20.3 Å². The molecule has 0 saturated carbocycles. The van der Waals surface area contributed by atoms with Crippen molar-refractivity contribution in [2.75, 3.05) is 26.4 Å². The van der Waals surface area contributed by atoms with E-state index in [1.807, 2.05) is 38.1 Å². The molecule has 0 atom stereocenters. The van der Waals surface area contributed by atoms with Gasteiger partial charge in [-0.05, 0) is 55.5 Å². The molecule has 0 aliphatic heterocycles. The van der Waals surface area contributed by atoms with Crippen molar-refractivity contribution in [1.29, 1.82) is 0 Å². The lowest BCUT2D eigenvalue weighted by Gasteiger charge is -2.10. The number of amides is 1. The van der Waals surface area contributed by atoms with Gasteiger partial charge in [0, 0.05) is 12.0 Å². The van der Waals surface area contributed by atoms with E-state index >= 15 is 0 Å². The van der Waals surface area contributed by atoms with Gasteiger partial charge in [0.1, 0.15) is 23.9 Å². The molecular formula is C21H25NO5. The Balaban J connectivity index is 1.64. The van der Waals surface area contributed by atoms with Gasteiger partial charge in [0.2, 0.25) is 0 Å². The minimum Gasteiger partial charge on any atom is -0.494 e. The first-order valence-electron chi connectivity index (χ1n) is 9.00. The molecule has 0 aliphatic rings. The van der Waals surface area contributed by atoms with Crippen LogP contribution in [0.4, 0.5) is 0 Å². The summed E-state index contributed by atoms with van der Waals surface area (Å²) in [5, 5.41) is 2.73. The highest BCUT2D eigenvalue weighted by Gasteiger charge is 2.05. The summed E-state index contributed by atoms with van der Waals surface area (Å²) in [6, 6.07) is 14.1. The van der Waals surface area contributed by atoms with Crippen LogP contribution in [0, 0.1) is 0 Å². The largest absolute Gasteiger partial charge is 0.494 e. The van der Waals surface area contributed by atoms with Gasteiger partial charge in [0.05, 0.1) is 13.2 Å². The van der Waals surface area contributed by atoms with Gasteiger partial charge in [-0.25, -0.2) is 0 Å². The summed E-state index contributed by atoms with van der Waals surface area (Å²) in [6.45, 7) is 5.00. The summed E-state index contributed by atoms with van der Waals surface area (Å²) in [5.74, 6) is 1.89. The first-order chi connectivity index (χ1) is 13.1. The molecule has 0 aliphatic carbocycles. The number of hydrogen-bond donors (Lipinski definition) is 1. The zero-order valence-electron chi connectivity index (χ0n) is 15.7. The number of hydrogen-bond acceptors (Lipinski definition) is 5. The van der Waals surface area contributed by atoms with E-state index in [1.54, 1.807) is 24.3 Å². The van der Waals surface area contributed by atoms with Gasteiger partial charge in [-0.3, -0.25) is 9.59 Å². The third-order valence-electron chi connectivity index (χ3n) is 3.70. The second kappa shape index (κ2) is 10.9. The number of carbonyl (C=O) groups is 2. The summed E-state index contributed by atoms with van der Waals surface area (Å²) in [6.07, 6.45) is 0.460. The lowest BCUT2D eigenvalue weighted by atomic mass is 10.1. The maximum atomic E-state index is 11.8. The maximum Gasteiger partial charge on any atom is 0.258 e. The first kappa shape index (κ1) is 20.3. The molecule has 27 heavy (non-hydrogen) atoms.